The molecule has 0 aliphatic carbocycles. The summed E-state index contributed by atoms with van der Waals surface area (Å²) in [5.74, 6) is 0.0628. The molecule has 1 aromatic rings. The van der Waals surface area contributed by atoms with Gasteiger partial charge in [0.05, 0.1) is 5.02 Å². The maximum atomic E-state index is 12.0. The monoisotopic (exact) mass is 219 g/mol. The van der Waals surface area contributed by atoms with Crippen LogP contribution in [0.15, 0.2) is 18.2 Å². The summed E-state index contributed by atoms with van der Waals surface area (Å²) in [6, 6.07) is 4.92. The third kappa shape index (κ3) is 2.84. The number of alkyl halides is 2. The largest absolute Gasteiger partial charge is 0.433 e. The normalized spacial score (nSPS) is 10.6. The van der Waals surface area contributed by atoms with E-state index in [-0.39, 0.29) is 10.8 Å². The first-order chi connectivity index (χ1) is 6.65. The molecule has 0 spiro atoms. The predicted molar refractivity (Wildman–Crippen MR) is 51.8 cm³/mol. The quantitative estimate of drug-likeness (QED) is 0.750. The highest BCUT2D eigenvalue weighted by Gasteiger charge is 2.12. The van der Waals surface area contributed by atoms with Gasteiger partial charge in [-0.25, -0.2) is 0 Å². The third-order valence-electron chi connectivity index (χ3n) is 1.70. The zero-order chi connectivity index (χ0) is 10.6. The van der Waals surface area contributed by atoms with Crippen LogP contribution in [0.3, 0.4) is 0 Å². The van der Waals surface area contributed by atoms with Crippen molar-refractivity contribution >= 4 is 11.6 Å². The standard InChI is InChI=1S/C10H10ClF2O/c1-2-4-7-5-3-6-8(11)9(7)14-10(12)13/h3,5-6,10H,1-2,4H2. The van der Waals surface area contributed by atoms with E-state index in [1.807, 2.05) is 0 Å². The molecule has 0 N–H and O–H groups in total. The van der Waals surface area contributed by atoms with Crippen LogP contribution in [0.5, 0.6) is 5.75 Å². The molecule has 1 radical (unpaired) electrons. The SMILES string of the molecule is [CH2]CCc1cccc(Cl)c1OC(F)F. The van der Waals surface area contributed by atoms with Gasteiger partial charge in [-0.1, -0.05) is 30.7 Å². The van der Waals surface area contributed by atoms with Crippen molar-refractivity contribution in [2.45, 2.75) is 19.5 Å². The number of para-hydroxylation sites is 1. The Balaban J connectivity index is 2.96. The minimum atomic E-state index is -2.85. The number of hydrogen-bond acceptors (Lipinski definition) is 1. The van der Waals surface area contributed by atoms with Crippen molar-refractivity contribution in [3.63, 3.8) is 0 Å². The highest BCUT2D eigenvalue weighted by atomic mass is 35.5. The first-order valence-electron chi connectivity index (χ1n) is 4.16. The van der Waals surface area contributed by atoms with E-state index in [1.54, 1.807) is 12.1 Å². The summed E-state index contributed by atoms with van der Waals surface area (Å²) < 4.78 is 28.4. The van der Waals surface area contributed by atoms with Crippen LogP contribution in [0, 0.1) is 6.92 Å². The summed E-state index contributed by atoms with van der Waals surface area (Å²) in [6.07, 6.45) is 1.18. The van der Waals surface area contributed by atoms with Gasteiger partial charge in [0.25, 0.3) is 0 Å². The lowest BCUT2D eigenvalue weighted by atomic mass is 10.1. The zero-order valence-corrected chi connectivity index (χ0v) is 8.23. The Kier molecular flexibility index (Phi) is 4.14. The molecule has 0 unspecified atom stereocenters. The van der Waals surface area contributed by atoms with Crippen molar-refractivity contribution in [1.29, 1.82) is 0 Å². The van der Waals surface area contributed by atoms with Crippen molar-refractivity contribution < 1.29 is 13.5 Å². The second-order valence-electron chi connectivity index (χ2n) is 2.71. The minimum Gasteiger partial charge on any atom is -0.433 e. The van der Waals surface area contributed by atoms with E-state index >= 15 is 0 Å². The summed E-state index contributed by atoms with van der Waals surface area (Å²) in [5.41, 5.74) is 0.660. The molecule has 0 aliphatic heterocycles. The van der Waals surface area contributed by atoms with E-state index in [4.69, 9.17) is 11.6 Å². The summed E-state index contributed by atoms with van der Waals surface area (Å²) in [4.78, 5) is 0. The number of aryl methyl sites for hydroxylation is 1. The van der Waals surface area contributed by atoms with E-state index in [1.165, 1.54) is 6.07 Å². The van der Waals surface area contributed by atoms with Gasteiger partial charge < -0.3 is 4.74 Å². The maximum absolute atomic E-state index is 12.0. The van der Waals surface area contributed by atoms with Crippen molar-refractivity contribution in [2.24, 2.45) is 0 Å². The fourth-order valence-corrected chi connectivity index (χ4v) is 1.40. The van der Waals surface area contributed by atoms with Gasteiger partial charge in [-0.2, -0.15) is 8.78 Å². The van der Waals surface area contributed by atoms with Gasteiger partial charge in [-0.15, -0.1) is 0 Å². The van der Waals surface area contributed by atoms with E-state index in [2.05, 4.69) is 11.7 Å². The fourth-order valence-electron chi connectivity index (χ4n) is 1.16. The molecule has 0 amide bonds. The topological polar surface area (TPSA) is 9.23 Å². The predicted octanol–water partition coefficient (Wildman–Crippen LogP) is 3.71. The molecule has 0 bridgehead atoms. The summed E-state index contributed by atoms with van der Waals surface area (Å²) >= 11 is 5.73. The van der Waals surface area contributed by atoms with Gasteiger partial charge in [-0.3, -0.25) is 0 Å². The molecule has 0 heterocycles. The summed E-state index contributed by atoms with van der Waals surface area (Å²) in [6.45, 7) is 0.796. The Bertz CT molecular complexity index is 302. The molecule has 0 saturated carbocycles. The average Bonchev–Trinajstić information content (AvgIpc) is 2.11. The highest BCUT2D eigenvalue weighted by molar-refractivity contribution is 6.32. The van der Waals surface area contributed by atoms with Crippen molar-refractivity contribution in [1.82, 2.24) is 0 Å². The number of halogens is 3. The van der Waals surface area contributed by atoms with Gasteiger partial charge >= 0.3 is 6.61 Å². The van der Waals surface area contributed by atoms with Crippen LogP contribution in [-0.4, -0.2) is 6.61 Å². The van der Waals surface area contributed by atoms with Gasteiger partial charge in [-0.05, 0) is 24.5 Å². The highest BCUT2D eigenvalue weighted by Crippen LogP contribution is 2.30. The first-order valence-corrected chi connectivity index (χ1v) is 4.54. The molecule has 77 valence electrons. The van der Waals surface area contributed by atoms with Crippen LogP contribution in [0.2, 0.25) is 5.02 Å². The van der Waals surface area contributed by atoms with Crippen LogP contribution in [-0.2, 0) is 6.42 Å². The van der Waals surface area contributed by atoms with Crippen LogP contribution in [0.25, 0.3) is 0 Å². The smallest absolute Gasteiger partial charge is 0.387 e. The second-order valence-corrected chi connectivity index (χ2v) is 3.12. The molecule has 14 heavy (non-hydrogen) atoms. The minimum absolute atomic E-state index is 0.0628. The van der Waals surface area contributed by atoms with E-state index in [0.29, 0.717) is 18.4 Å². The van der Waals surface area contributed by atoms with Gasteiger partial charge in [0.2, 0.25) is 0 Å². The number of hydrogen-bond donors (Lipinski definition) is 0. The molecule has 0 aromatic heterocycles. The van der Waals surface area contributed by atoms with Crippen molar-refractivity contribution in [2.75, 3.05) is 0 Å². The molecule has 1 nitrogen and oxygen atoms in total. The Labute approximate surface area is 86.6 Å². The number of ether oxygens (including phenoxy) is 1. The van der Waals surface area contributed by atoms with E-state index in [0.717, 1.165) is 0 Å². The Morgan fingerprint density at radius 3 is 2.71 bits per heavy atom. The second kappa shape index (κ2) is 5.15. The molecular formula is C10H10ClF2O. The fraction of sp³-hybridized carbons (Fsp3) is 0.300. The van der Waals surface area contributed by atoms with Crippen LogP contribution < -0.4 is 4.74 Å². The number of benzene rings is 1. The van der Waals surface area contributed by atoms with Crippen molar-refractivity contribution in [3.05, 3.63) is 35.7 Å². The Morgan fingerprint density at radius 1 is 1.43 bits per heavy atom. The number of rotatable bonds is 4. The van der Waals surface area contributed by atoms with Crippen LogP contribution >= 0.6 is 11.6 Å². The molecule has 4 heteroatoms. The molecular weight excluding hydrogens is 210 g/mol. The maximum Gasteiger partial charge on any atom is 0.387 e. The van der Waals surface area contributed by atoms with E-state index in [9.17, 15) is 8.78 Å². The lowest BCUT2D eigenvalue weighted by Gasteiger charge is -2.11. The van der Waals surface area contributed by atoms with Gasteiger partial charge in [0.1, 0.15) is 5.75 Å². The summed E-state index contributed by atoms with van der Waals surface area (Å²) in [5, 5.41) is 0.205. The van der Waals surface area contributed by atoms with Crippen LogP contribution in [0.1, 0.15) is 12.0 Å². The molecule has 1 rings (SSSR count). The zero-order valence-electron chi connectivity index (χ0n) is 7.47. The Hall–Kier alpha value is -0.830. The van der Waals surface area contributed by atoms with Gasteiger partial charge in [0.15, 0.2) is 0 Å². The van der Waals surface area contributed by atoms with Crippen molar-refractivity contribution in [3.8, 4) is 5.75 Å². The lowest BCUT2D eigenvalue weighted by molar-refractivity contribution is -0.0503. The van der Waals surface area contributed by atoms with Crippen LogP contribution in [0.4, 0.5) is 8.78 Å². The third-order valence-corrected chi connectivity index (χ3v) is 2.00. The molecule has 1 aromatic carbocycles. The first kappa shape index (κ1) is 11.2. The summed E-state index contributed by atoms with van der Waals surface area (Å²) in [7, 11) is 0. The molecule has 0 fully saturated rings. The van der Waals surface area contributed by atoms with Gasteiger partial charge in [0, 0.05) is 0 Å². The van der Waals surface area contributed by atoms with E-state index < -0.39 is 6.61 Å². The lowest BCUT2D eigenvalue weighted by Crippen LogP contribution is -2.05. The Morgan fingerprint density at radius 2 is 2.14 bits per heavy atom. The molecule has 0 atom stereocenters. The molecule has 0 aliphatic rings. The molecule has 0 saturated heterocycles. The average molecular weight is 220 g/mol.